The van der Waals surface area contributed by atoms with E-state index in [1.807, 2.05) is 22.9 Å². The zero-order chi connectivity index (χ0) is 15.4. The Balaban J connectivity index is 1.50. The van der Waals surface area contributed by atoms with Crippen molar-refractivity contribution >= 4 is 11.9 Å². The third kappa shape index (κ3) is 3.16. The lowest BCUT2D eigenvalue weighted by atomic mass is 9.98. The summed E-state index contributed by atoms with van der Waals surface area (Å²) in [5, 5.41) is 2.82. The Morgan fingerprint density at radius 2 is 2.27 bits per heavy atom. The highest BCUT2D eigenvalue weighted by Crippen LogP contribution is 2.20. The van der Waals surface area contributed by atoms with Crippen LogP contribution in [-0.2, 0) is 22.5 Å². The summed E-state index contributed by atoms with van der Waals surface area (Å²) in [5.41, 5.74) is 1.41. The van der Waals surface area contributed by atoms with E-state index in [0.717, 1.165) is 18.5 Å². The number of carbonyl (C=O) groups excluding carboxylic acids is 2. The van der Waals surface area contributed by atoms with Crippen LogP contribution in [0, 0.1) is 0 Å². The molecule has 0 saturated carbocycles. The number of amides is 1. The van der Waals surface area contributed by atoms with Crippen molar-refractivity contribution in [3.63, 3.8) is 0 Å². The Morgan fingerprint density at radius 1 is 1.41 bits per heavy atom. The van der Waals surface area contributed by atoms with Crippen LogP contribution in [0.25, 0.3) is 0 Å². The van der Waals surface area contributed by atoms with Gasteiger partial charge in [0.1, 0.15) is 0 Å². The fourth-order valence-corrected chi connectivity index (χ4v) is 2.48. The predicted octanol–water partition coefficient (Wildman–Crippen LogP) is 1.17. The Morgan fingerprint density at radius 3 is 3.09 bits per heavy atom. The number of cyclic esters (lactones) is 1. The van der Waals surface area contributed by atoms with Crippen LogP contribution in [0.15, 0.2) is 43.0 Å². The van der Waals surface area contributed by atoms with Gasteiger partial charge in [-0.1, -0.05) is 18.2 Å². The first kappa shape index (κ1) is 14.3. The minimum atomic E-state index is -0.740. The summed E-state index contributed by atoms with van der Waals surface area (Å²) in [7, 11) is 0. The molecule has 6 nitrogen and oxygen atoms in total. The molecule has 0 unspecified atom stereocenters. The molecule has 2 aromatic rings. The summed E-state index contributed by atoms with van der Waals surface area (Å²) in [6.45, 7) is 1.32. The Hall–Kier alpha value is -2.63. The number of aryl methyl sites for hydroxylation is 1. The van der Waals surface area contributed by atoms with Gasteiger partial charge in [-0.05, 0) is 18.1 Å². The first-order valence-corrected chi connectivity index (χ1v) is 7.26. The highest BCUT2D eigenvalue weighted by molar-refractivity contribution is 5.95. The fourth-order valence-electron chi connectivity index (χ4n) is 2.48. The second-order valence-corrected chi connectivity index (χ2v) is 5.20. The molecule has 6 heteroatoms. The number of esters is 1. The number of aromatic nitrogens is 2. The van der Waals surface area contributed by atoms with Crippen LogP contribution < -0.4 is 5.32 Å². The second kappa shape index (κ2) is 6.43. The molecule has 22 heavy (non-hydrogen) atoms. The summed E-state index contributed by atoms with van der Waals surface area (Å²) in [6, 6.07) is 7.22. The van der Waals surface area contributed by atoms with Gasteiger partial charge in [0, 0.05) is 31.9 Å². The molecule has 3 rings (SSSR count). The number of fused-ring (bicyclic) bond motifs is 1. The average molecular weight is 299 g/mol. The third-order valence-corrected chi connectivity index (χ3v) is 3.64. The van der Waals surface area contributed by atoms with E-state index in [4.69, 9.17) is 4.74 Å². The highest BCUT2D eigenvalue weighted by Gasteiger charge is 2.30. The molecule has 0 aliphatic carbocycles. The molecule has 1 aliphatic rings. The zero-order valence-corrected chi connectivity index (χ0v) is 12.1. The quantitative estimate of drug-likeness (QED) is 0.664. The van der Waals surface area contributed by atoms with Crippen molar-refractivity contribution < 1.29 is 14.3 Å². The SMILES string of the molecule is O=C1O[C@H](C(=O)NCCCn2ccnc2)Cc2ccccc21. The highest BCUT2D eigenvalue weighted by atomic mass is 16.5. The molecule has 1 aromatic carbocycles. The van der Waals surface area contributed by atoms with E-state index in [1.54, 1.807) is 24.7 Å². The lowest BCUT2D eigenvalue weighted by Crippen LogP contribution is -2.42. The number of nitrogens with one attached hydrogen (secondary N) is 1. The van der Waals surface area contributed by atoms with Gasteiger partial charge in [-0.25, -0.2) is 9.78 Å². The maximum absolute atomic E-state index is 12.1. The molecule has 0 radical (unpaired) electrons. The Bertz CT molecular complexity index is 667. The van der Waals surface area contributed by atoms with Gasteiger partial charge in [0.2, 0.25) is 0 Å². The minimum absolute atomic E-state index is 0.242. The lowest BCUT2D eigenvalue weighted by Gasteiger charge is -2.23. The van der Waals surface area contributed by atoms with Crippen LogP contribution in [0.3, 0.4) is 0 Å². The van der Waals surface area contributed by atoms with Crippen molar-refractivity contribution in [3.05, 3.63) is 54.1 Å². The van der Waals surface area contributed by atoms with Crippen LogP contribution in [0.5, 0.6) is 0 Å². The van der Waals surface area contributed by atoms with E-state index in [2.05, 4.69) is 10.3 Å². The molecule has 114 valence electrons. The number of hydrogen-bond acceptors (Lipinski definition) is 4. The van der Waals surface area contributed by atoms with Crippen LogP contribution in [-0.4, -0.2) is 34.1 Å². The fraction of sp³-hybridized carbons (Fsp3) is 0.312. The first-order valence-electron chi connectivity index (χ1n) is 7.26. The van der Waals surface area contributed by atoms with E-state index in [1.165, 1.54) is 0 Å². The molecule has 1 N–H and O–H groups in total. The van der Waals surface area contributed by atoms with Crippen molar-refractivity contribution in [1.82, 2.24) is 14.9 Å². The molecule has 0 fully saturated rings. The van der Waals surface area contributed by atoms with E-state index in [9.17, 15) is 9.59 Å². The van der Waals surface area contributed by atoms with E-state index in [-0.39, 0.29) is 5.91 Å². The third-order valence-electron chi connectivity index (χ3n) is 3.64. The van der Waals surface area contributed by atoms with Crippen LogP contribution in [0.1, 0.15) is 22.3 Å². The standard InChI is InChI=1S/C16H17N3O3/c20-15(18-6-3-8-19-9-7-17-11-19)14-10-12-4-1-2-5-13(12)16(21)22-14/h1-2,4-5,7,9,11,14H,3,6,8,10H2,(H,18,20)/t14-/m0/s1. The largest absolute Gasteiger partial charge is 0.448 e. The van der Waals surface area contributed by atoms with Gasteiger partial charge in [0.05, 0.1) is 11.9 Å². The Kier molecular flexibility index (Phi) is 4.18. The van der Waals surface area contributed by atoms with Gasteiger partial charge in [-0.2, -0.15) is 0 Å². The summed E-state index contributed by atoms with van der Waals surface area (Å²) in [6.07, 6.45) is 5.81. The lowest BCUT2D eigenvalue weighted by molar-refractivity contribution is -0.130. The number of ether oxygens (including phenoxy) is 1. The zero-order valence-electron chi connectivity index (χ0n) is 12.1. The van der Waals surface area contributed by atoms with Crippen LogP contribution >= 0.6 is 0 Å². The molecule has 0 spiro atoms. The molecule has 0 bridgehead atoms. The number of hydrogen-bond donors (Lipinski definition) is 1. The van der Waals surface area contributed by atoms with Gasteiger partial charge >= 0.3 is 5.97 Å². The molecule has 1 atom stereocenters. The van der Waals surface area contributed by atoms with Crippen molar-refractivity contribution in [3.8, 4) is 0 Å². The maximum atomic E-state index is 12.1. The maximum Gasteiger partial charge on any atom is 0.339 e. The first-order chi connectivity index (χ1) is 10.7. The molecule has 1 aliphatic heterocycles. The molecule has 1 aromatic heterocycles. The molecule has 1 amide bonds. The minimum Gasteiger partial charge on any atom is -0.448 e. The van der Waals surface area contributed by atoms with Crippen LogP contribution in [0.2, 0.25) is 0 Å². The number of nitrogens with zero attached hydrogens (tertiary/aromatic N) is 2. The van der Waals surface area contributed by atoms with Crippen molar-refractivity contribution in [2.75, 3.05) is 6.54 Å². The topological polar surface area (TPSA) is 73.2 Å². The smallest absolute Gasteiger partial charge is 0.339 e. The van der Waals surface area contributed by atoms with E-state index >= 15 is 0 Å². The van der Waals surface area contributed by atoms with Crippen molar-refractivity contribution in [2.45, 2.75) is 25.5 Å². The summed E-state index contributed by atoms with van der Waals surface area (Å²) < 4.78 is 7.16. The monoisotopic (exact) mass is 299 g/mol. The van der Waals surface area contributed by atoms with Gasteiger partial charge in [-0.15, -0.1) is 0 Å². The average Bonchev–Trinajstić information content (AvgIpc) is 3.04. The summed E-state index contributed by atoms with van der Waals surface area (Å²) >= 11 is 0. The van der Waals surface area contributed by atoms with E-state index < -0.39 is 12.1 Å². The van der Waals surface area contributed by atoms with Gasteiger partial charge in [-0.3, -0.25) is 4.79 Å². The number of carbonyl (C=O) groups is 2. The van der Waals surface area contributed by atoms with Crippen molar-refractivity contribution in [1.29, 1.82) is 0 Å². The molecule has 0 saturated heterocycles. The number of rotatable bonds is 5. The van der Waals surface area contributed by atoms with E-state index in [0.29, 0.717) is 18.5 Å². The van der Waals surface area contributed by atoms with Gasteiger partial charge in [0.15, 0.2) is 6.10 Å². The van der Waals surface area contributed by atoms with Gasteiger partial charge < -0.3 is 14.6 Å². The number of imidazole rings is 1. The van der Waals surface area contributed by atoms with Crippen LogP contribution in [0.4, 0.5) is 0 Å². The molecular weight excluding hydrogens is 282 g/mol. The molecule has 2 heterocycles. The summed E-state index contributed by atoms with van der Waals surface area (Å²) in [4.78, 5) is 27.9. The van der Waals surface area contributed by atoms with Gasteiger partial charge in [0.25, 0.3) is 5.91 Å². The summed E-state index contributed by atoms with van der Waals surface area (Å²) in [5.74, 6) is -0.672. The normalized spacial score (nSPS) is 16.7. The number of benzene rings is 1. The second-order valence-electron chi connectivity index (χ2n) is 5.20. The molecular formula is C16H17N3O3. The Labute approximate surface area is 128 Å². The predicted molar refractivity (Wildman–Crippen MR) is 79.2 cm³/mol. The van der Waals surface area contributed by atoms with Crippen molar-refractivity contribution in [2.24, 2.45) is 0 Å².